The first-order valence-electron chi connectivity index (χ1n) is 6.22. The van der Waals surface area contributed by atoms with Crippen LogP contribution in [0.2, 0.25) is 0 Å². The Hall–Kier alpha value is -1.94. The highest BCUT2D eigenvalue weighted by Crippen LogP contribution is 2.25. The van der Waals surface area contributed by atoms with Gasteiger partial charge in [-0.15, -0.1) is 0 Å². The summed E-state index contributed by atoms with van der Waals surface area (Å²) in [6, 6.07) is 0. The van der Waals surface area contributed by atoms with Gasteiger partial charge in [0.15, 0.2) is 5.03 Å². The van der Waals surface area contributed by atoms with E-state index in [-0.39, 0.29) is 25.0 Å². The zero-order valence-corrected chi connectivity index (χ0v) is 12.1. The van der Waals surface area contributed by atoms with Gasteiger partial charge in [-0.2, -0.15) is 9.40 Å². The van der Waals surface area contributed by atoms with Crippen LogP contribution in [0.4, 0.5) is 0 Å². The number of carbonyl (C=O) groups is 2. The number of hydrogen-bond acceptors (Lipinski definition) is 6. The molecular formula is C11H15N3O6S. The lowest BCUT2D eigenvalue weighted by atomic mass is 9.99. The summed E-state index contributed by atoms with van der Waals surface area (Å²) in [5.41, 5.74) is -0.398. The molecule has 0 atom stereocenters. The van der Waals surface area contributed by atoms with Gasteiger partial charge in [0.05, 0.1) is 19.2 Å². The van der Waals surface area contributed by atoms with E-state index in [0.29, 0.717) is 12.8 Å². The molecule has 0 unspecified atom stereocenters. The Kier molecular flexibility index (Phi) is 4.28. The molecule has 0 amide bonds. The van der Waals surface area contributed by atoms with Crippen LogP contribution in [-0.2, 0) is 19.6 Å². The van der Waals surface area contributed by atoms with Gasteiger partial charge in [-0.3, -0.25) is 9.89 Å². The molecule has 0 radical (unpaired) electrons. The van der Waals surface area contributed by atoms with Crippen LogP contribution in [0.25, 0.3) is 0 Å². The van der Waals surface area contributed by atoms with E-state index in [0.717, 1.165) is 10.5 Å². The van der Waals surface area contributed by atoms with E-state index in [1.54, 1.807) is 0 Å². The number of aromatic nitrogens is 2. The third-order valence-electron chi connectivity index (χ3n) is 3.42. The normalized spacial score (nSPS) is 17.6. The molecule has 116 valence electrons. The van der Waals surface area contributed by atoms with Crippen molar-refractivity contribution in [2.75, 3.05) is 20.2 Å². The number of ether oxygens (including phenoxy) is 1. The maximum atomic E-state index is 12.4. The summed E-state index contributed by atoms with van der Waals surface area (Å²) in [7, 11) is -2.68. The Balaban J connectivity index is 2.17. The minimum absolute atomic E-state index is 0.125. The number of H-pyrrole nitrogens is 1. The van der Waals surface area contributed by atoms with E-state index in [1.165, 1.54) is 7.11 Å². The number of sulfonamides is 1. The Morgan fingerprint density at radius 1 is 1.43 bits per heavy atom. The predicted octanol–water partition coefficient (Wildman–Crippen LogP) is -0.318. The van der Waals surface area contributed by atoms with Gasteiger partial charge >= 0.3 is 11.9 Å². The van der Waals surface area contributed by atoms with Crippen molar-refractivity contribution in [1.29, 1.82) is 0 Å². The summed E-state index contributed by atoms with van der Waals surface area (Å²) in [6.07, 6.45) is 1.63. The van der Waals surface area contributed by atoms with E-state index in [9.17, 15) is 18.0 Å². The van der Waals surface area contributed by atoms with E-state index in [1.807, 2.05) is 0 Å². The number of aromatic carboxylic acids is 1. The molecule has 2 rings (SSSR count). The number of carbonyl (C=O) groups excluding carboxylic acids is 1. The first-order chi connectivity index (χ1) is 9.87. The molecule has 0 spiro atoms. The van der Waals surface area contributed by atoms with E-state index in [2.05, 4.69) is 14.9 Å². The van der Waals surface area contributed by atoms with Crippen LogP contribution in [0, 0.1) is 5.92 Å². The van der Waals surface area contributed by atoms with Crippen molar-refractivity contribution < 1.29 is 27.9 Å². The summed E-state index contributed by atoms with van der Waals surface area (Å²) < 4.78 is 30.6. The zero-order valence-electron chi connectivity index (χ0n) is 11.3. The fraction of sp³-hybridized carbons (Fsp3) is 0.545. The molecule has 0 aliphatic carbocycles. The maximum absolute atomic E-state index is 12.4. The van der Waals surface area contributed by atoms with Crippen molar-refractivity contribution in [3.63, 3.8) is 0 Å². The van der Waals surface area contributed by atoms with Gasteiger partial charge in [0.2, 0.25) is 0 Å². The van der Waals surface area contributed by atoms with E-state index in [4.69, 9.17) is 5.11 Å². The lowest BCUT2D eigenvalue weighted by Gasteiger charge is -2.29. The van der Waals surface area contributed by atoms with Crippen LogP contribution < -0.4 is 0 Å². The number of hydrogen-bond donors (Lipinski definition) is 2. The number of carboxylic acids is 1. The number of aromatic amines is 1. The molecule has 21 heavy (non-hydrogen) atoms. The zero-order chi connectivity index (χ0) is 15.6. The van der Waals surface area contributed by atoms with Crippen LogP contribution in [0.3, 0.4) is 0 Å². The quantitative estimate of drug-likeness (QED) is 0.728. The van der Waals surface area contributed by atoms with E-state index >= 15 is 0 Å². The van der Waals surface area contributed by atoms with Gasteiger partial charge < -0.3 is 9.84 Å². The van der Waals surface area contributed by atoms with Crippen molar-refractivity contribution >= 4 is 22.0 Å². The minimum Gasteiger partial charge on any atom is -0.478 e. The average Bonchev–Trinajstić information content (AvgIpc) is 2.97. The van der Waals surface area contributed by atoms with Gasteiger partial charge in [0, 0.05) is 13.1 Å². The molecule has 1 aromatic rings. The average molecular weight is 317 g/mol. The molecule has 1 aromatic heterocycles. The minimum atomic E-state index is -3.97. The van der Waals surface area contributed by atoms with Crippen LogP contribution in [0.1, 0.15) is 23.2 Å². The molecular weight excluding hydrogens is 302 g/mol. The fourth-order valence-corrected chi connectivity index (χ4v) is 3.79. The maximum Gasteiger partial charge on any atom is 0.340 e. The Morgan fingerprint density at radius 3 is 2.57 bits per heavy atom. The van der Waals surface area contributed by atoms with Gasteiger partial charge in [0.1, 0.15) is 5.56 Å². The molecule has 9 nitrogen and oxygen atoms in total. The summed E-state index contributed by atoms with van der Waals surface area (Å²) in [6.45, 7) is 0.250. The van der Waals surface area contributed by atoms with Crippen LogP contribution in [-0.4, -0.2) is 60.2 Å². The second-order valence-corrected chi connectivity index (χ2v) is 6.49. The largest absolute Gasteiger partial charge is 0.478 e. The standard InChI is InChI=1S/C11H15N3O6S/c1-20-11(17)7-2-4-14(5-3-7)21(18,19)9-8(10(15)16)6-12-13-9/h6-7H,2-5H2,1H3,(H,12,13)(H,15,16). The van der Waals surface area contributed by atoms with Crippen LogP contribution in [0.5, 0.6) is 0 Å². The molecule has 1 aliphatic heterocycles. The second kappa shape index (κ2) is 5.82. The number of esters is 1. The second-order valence-electron chi connectivity index (χ2n) is 4.62. The Labute approximate surface area is 120 Å². The lowest BCUT2D eigenvalue weighted by molar-refractivity contribution is -0.146. The van der Waals surface area contributed by atoms with Crippen molar-refractivity contribution in [3.05, 3.63) is 11.8 Å². The summed E-state index contributed by atoms with van der Waals surface area (Å²) in [5, 5.41) is 14.2. The third kappa shape index (κ3) is 2.90. The molecule has 2 N–H and O–H groups in total. The van der Waals surface area contributed by atoms with Gasteiger partial charge in [-0.05, 0) is 12.8 Å². The number of piperidine rings is 1. The molecule has 1 saturated heterocycles. The molecule has 0 aromatic carbocycles. The Morgan fingerprint density at radius 2 is 2.05 bits per heavy atom. The summed E-state index contributed by atoms with van der Waals surface area (Å²) in [4.78, 5) is 22.4. The van der Waals surface area contributed by atoms with Crippen LogP contribution in [0.15, 0.2) is 11.2 Å². The first kappa shape index (κ1) is 15.4. The topological polar surface area (TPSA) is 130 Å². The number of rotatable bonds is 4. The van der Waals surface area contributed by atoms with Gasteiger partial charge in [-0.1, -0.05) is 0 Å². The SMILES string of the molecule is COC(=O)C1CCN(S(=O)(=O)c2[nH]ncc2C(=O)O)CC1. The number of nitrogens with one attached hydrogen (secondary N) is 1. The monoisotopic (exact) mass is 317 g/mol. The number of nitrogens with zero attached hydrogens (tertiary/aromatic N) is 2. The highest BCUT2D eigenvalue weighted by molar-refractivity contribution is 7.89. The fourth-order valence-electron chi connectivity index (χ4n) is 2.25. The molecule has 0 saturated carbocycles. The first-order valence-corrected chi connectivity index (χ1v) is 7.66. The summed E-state index contributed by atoms with van der Waals surface area (Å²) in [5.74, 6) is -2.06. The highest BCUT2D eigenvalue weighted by Gasteiger charge is 2.35. The number of methoxy groups -OCH3 is 1. The van der Waals surface area contributed by atoms with Crippen molar-refractivity contribution in [3.8, 4) is 0 Å². The summed E-state index contributed by atoms with van der Waals surface area (Å²) >= 11 is 0. The lowest BCUT2D eigenvalue weighted by Crippen LogP contribution is -2.41. The molecule has 10 heteroatoms. The predicted molar refractivity (Wildman–Crippen MR) is 69.0 cm³/mol. The third-order valence-corrected chi connectivity index (χ3v) is 5.29. The van der Waals surface area contributed by atoms with Crippen molar-refractivity contribution in [1.82, 2.24) is 14.5 Å². The molecule has 1 aliphatic rings. The smallest absolute Gasteiger partial charge is 0.340 e. The highest BCUT2D eigenvalue weighted by atomic mass is 32.2. The van der Waals surface area contributed by atoms with Crippen LogP contribution >= 0.6 is 0 Å². The van der Waals surface area contributed by atoms with Crippen molar-refractivity contribution in [2.24, 2.45) is 5.92 Å². The Bertz CT molecular complexity index is 645. The van der Waals surface area contributed by atoms with Gasteiger partial charge in [-0.25, -0.2) is 13.2 Å². The number of carboxylic acid groups (broad SMARTS) is 1. The van der Waals surface area contributed by atoms with Crippen molar-refractivity contribution in [2.45, 2.75) is 17.9 Å². The van der Waals surface area contributed by atoms with E-state index < -0.39 is 26.6 Å². The molecule has 2 heterocycles. The van der Waals surface area contributed by atoms with Gasteiger partial charge in [0.25, 0.3) is 10.0 Å². The molecule has 1 fully saturated rings. The molecule has 0 bridgehead atoms.